The Bertz CT molecular complexity index is 217. The molecule has 0 amide bonds. The molecule has 1 atom stereocenters. The number of hydrogen-bond acceptors (Lipinski definition) is 2. The second-order valence-electron chi connectivity index (χ2n) is 5.24. The number of amidine groups is 1. The maximum absolute atomic E-state index is 4.53. The summed E-state index contributed by atoms with van der Waals surface area (Å²) in [7, 11) is 0. The molecule has 1 unspecified atom stereocenters. The second-order valence-corrected chi connectivity index (χ2v) is 5.24. The molecule has 0 aliphatic carbocycles. The molecule has 0 aromatic carbocycles. The molecule has 0 spiro atoms. The summed E-state index contributed by atoms with van der Waals surface area (Å²) in [6.07, 6.45) is 0. The Hall–Kier alpha value is -0.0765. The Labute approximate surface area is 117 Å². The maximum Gasteiger partial charge on any atom is 0.00597 e. The zero-order chi connectivity index (χ0) is 12.8. The fraction of sp³-hybridized carbons (Fsp3) is 0.923. The third kappa shape index (κ3) is 9.61. The first-order valence-electron chi connectivity index (χ1n) is 6.28. The topological polar surface area (TPSA) is 29.7 Å². The van der Waals surface area contributed by atoms with Crippen LogP contribution in [0.2, 0.25) is 0 Å². The maximum atomic E-state index is 4.53. The zero-order valence-corrected chi connectivity index (χ0v) is 13.3. The zero-order valence-electron chi connectivity index (χ0n) is 12.4. The van der Waals surface area contributed by atoms with Crippen molar-refractivity contribution in [2.45, 2.75) is 60.0 Å². The van der Waals surface area contributed by atoms with Crippen molar-refractivity contribution < 1.29 is 16.5 Å². The molecular formula is C13H28N3Ni-. The molecule has 0 aliphatic heterocycles. The Morgan fingerprint density at radius 3 is 2.06 bits per heavy atom. The molecule has 17 heavy (non-hydrogen) atoms. The second kappa shape index (κ2) is 8.93. The number of aliphatic imine (C=N–C) groups is 1. The van der Waals surface area contributed by atoms with Gasteiger partial charge in [-0.1, -0.05) is 40.5 Å². The van der Waals surface area contributed by atoms with Crippen molar-refractivity contribution in [1.29, 1.82) is 0 Å². The van der Waals surface area contributed by atoms with Crippen LogP contribution in [-0.4, -0.2) is 42.0 Å². The molecule has 0 aromatic heterocycles. The van der Waals surface area contributed by atoms with Gasteiger partial charge >= 0.3 is 0 Å². The largest absolute Gasteiger partial charge is 0.468 e. The first kappa shape index (κ1) is 19.3. The Balaban J connectivity index is 0. The fourth-order valence-corrected chi connectivity index (χ4v) is 1.75. The van der Waals surface area contributed by atoms with E-state index in [0.29, 0.717) is 6.04 Å². The van der Waals surface area contributed by atoms with Crippen molar-refractivity contribution in [3.05, 3.63) is 5.32 Å². The molecule has 0 bridgehead atoms. The first-order valence-corrected chi connectivity index (χ1v) is 6.28. The van der Waals surface area contributed by atoms with E-state index in [1.807, 2.05) is 6.92 Å². The van der Waals surface area contributed by atoms with E-state index < -0.39 is 0 Å². The SMILES string of the molecule is CCN(CC)C(C)C[N-]C(C)=NC(C)(C)C.[Ni]. The number of nitrogens with zero attached hydrogens (tertiary/aromatic N) is 3. The summed E-state index contributed by atoms with van der Waals surface area (Å²) in [6.45, 7) is 17.9. The Kier molecular flexibility index (Phi) is 10.1. The van der Waals surface area contributed by atoms with Gasteiger partial charge in [-0.05, 0) is 39.0 Å². The third-order valence-electron chi connectivity index (χ3n) is 2.52. The summed E-state index contributed by atoms with van der Waals surface area (Å²) >= 11 is 0. The van der Waals surface area contributed by atoms with Crippen LogP contribution in [0.15, 0.2) is 4.99 Å². The van der Waals surface area contributed by atoms with E-state index in [9.17, 15) is 0 Å². The van der Waals surface area contributed by atoms with Gasteiger partial charge < -0.3 is 15.2 Å². The first-order chi connectivity index (χ1) is 7.30. The van der Waals surface area contributed by atoms with Gasteiger partial charge in [-0.25, -0.2) is 0 Å². The normalized spacial score (nSPS) is 14.5. The van der Waals surface area contributed by atoms with Gasteiger partial charge in [0.15, 0.2) is 0 Å². The molecule has 3 nitrogen and oxygen atoms in total. The van der Waals surface area contributed by atoms with Crippen molar-refractivity contribution in [3.8, 4) is 0 Å². The molecule has 0 fully saturated rings. The number of hydrogen-bond donors (Lipinski definition) is 0. The van der Waals surface area contributed by atoms with Gasteiger partial charge in [0.2, 0.25) is 0 Å². The van der Waals surface area contributed by atoms with Crippen LogP contribution in [0.3, 0.4) is 0 Å². The van der Waals surface area contributed by atoms with Crippen molar-refractivity contribution in [2.75, 3.05) is 19.6 Å². The minimum Gasteiger partial charge on any atom is -0.468 e. The van der Waals surface area contributed by atoms with Gasteiger partial charge in [0, 0.05) is 22.5 Å². The van der Waals surface area contributed by atoms with Crippen molar-refractivity contribution in [3.63, 3.8) is 0 Å². The predicted octanol–water partition coefficient (Wildman–Crippen LogP) is 3.30. The van der Waals surface area contributed by atoms with E-state index in [4.69, 9.17) is 0 Å². The molecule has 0 radical (unpaired) electrons. The monoisotopic (exact) mass is 284 g/mol. The molecule has 0 heterocycles. The molecule has 4 heteroatoms. The van der Waals surface area contributed by atoms with Crippen molar-refractivity contribution >= 4 is 5.84 Å². The van der Waals surface area contributed by atoms with Gasteiger partial charge in [0.1, 0.15) is 0 Å². The van der Waals surface area contributed by atoms with E-state index in [1.54, 1.807) is 0 Å². The molecule has 106 valence electrons. The fourth-order valence-electron chi connectivity index (χ4n) is 1.75. The minimum absolute atomic E-state index is 0. The van der Waals surface area contributed by atoms with E-state index >= 15 is 0 Å². The minimum atomic E-state index is -0.0218. The van der Waals surface area contributed by atoms with Gasteiger partial charge in [-0.2, -0.15) is 0 Å². The molecule has 0 saturated heterocycles. The number of likely N-dealkylation sites (N-methyl/N-ethyl adjacent to an activating group) is 1. The van der Waals surface area contributed by atoms with Crippen LogP contribution in [0.5, 0.6) is 0 Å². The Morgan fingerprint density at radius 1 is 1.24 bits per heavy atom. The van der Waals surface area contributed by atoms with Crippen LogP contribution >= 0.6 is 0 Å². The van der Waals surface area contributed by atoms with Crippen molar-refractivity contribution in [1.82, 2.24) is 4.90 Å². The average molecular weight is 285 g/mol. The Morgan fingerprint density at radius 2 is 1.71 bits per heavy atom. The van der Waals surface area contributed by atoms with Gasteiger partial charge in [0.25, 0.3) is 0 Å². The van der Waals surface area contributed by atoms with Crippen LogP contribution in [-0.2, 0) is 16.5 Å². The third-order valence-corrected chi connectivity index (χ3v) is 2.52. The summed E-state index contributed by atoms with van der Waals surface area (Å²) in [5.41, 5.74) is -0.0218. The van der Waals surface area contributed by atoms with E-state index in [1.165, 1.54) is 0 Å². The van der Waals surface area contributed by atoms with E-state index in [-0.39, 0.29) is 22.0 Å². The molecule has 0 aliphatic rings. The predicted molar refractivity (Wildman–Crippen MR) is 73.5 cm³/mol. The summed E-state index contributed by atoms with van der Waals surface area (Å²) in [6, 6.07) is 0.500. The summed E-state index contributed by atoms with van der Waals surface area (Å²) in [5, 5.41) is 4.53. The summed E-state index contributed by atoms with van der Waals surface area (Å²) in [4.78, 5) is 6.93. The van der Waals surface area contributed by atoms with Crippen LogP contribution in [0.4, 0.5) is 0 Å². The van der Waals surface area contributed by atoms with Gasteiger partial charge in [0.05, 0.1) is 0 Å². The summed E-state index contributed by atoms with van der Waals surface area (Å²) in [5.74, 6) is 0.909. The molecule has 0 rings (SSSR count). The summed E-state index contributed by atoms with van der Waals surface area (Å²) < 4.78 is 0. The smallest absolute Gasteiger partial charge is 0.00597 e. The van der Waals surface area contributed by atoms with Crippen LogP contribution in [0, 0.1) is 0 Å². The van der Waals surface area contributed by atoms with Crippen LogP contribution < -0.4 is 0 Å². The molecule has 0 aromatic rings. The van der Waals surface area contributed by atoms with Crippen LogP contribution in [0.25, 0.3) is 5.32 Å². The van der Waals surface area contributed by atoms with E-state index in [2.05, 4.69) is 56.8 Å². The number of rotatable bonds is 5. The van der Waals surface area contributed by atoms with Crippen LogP contribution in [0.1, 0.15) is 48.5 Å². The van der Waals surface area contributed by atoms with Gasteiger partial charge in [-0.3, -0.25) is 0 Å². The average Bonchev–Trinajstić information content (AvgIpc) is 2.14. The standard InChI is InChI=1S/C13H28N3.Ni/c1-8-16(9-2)11(3)10-14-12(4)15-13(5,6)7;/h11H,8-10H2,1-7H3;/q-1;. The van der Waals surface area contributed by atoms with Crippen molar-refractivity contribution in [2.24, 2.45) is 4.99 Å². The molecule has 0 N–H and O–H groups in total. The van der Waals surface area contributed by atoms with E-state index in [0.717, 1.165) is 25.5 Å². The molecular weight excluding hydrogens is 257 g/mol. The van der Waals surface area contributed by atoms with Gasteiger partial charge in [-0.15, -0.1) is 0 Å². The quantitative estimate of drug-likeness (QED) is 0.433. The molecule has 0 saturated carbocycles.